The molecular weight excluding hydrogens is 487 g/mol. The highest BCUT2D eigenvalue weighted by Crippen LogP contribution is 2.26. The summed E-state index contributed by atoms with van der Waals surface area (Å²) in [5.74, 6) is -3.05. The number of aliphatic carboxylic acids is 1. The average Bonchev–Trinajstić information content (AvgIpc) is 3.21. The fourth-order valence-electron chi connectivity index (χ4n) is 3.40. The van der Waals surface area contributed by atoms with Gasteiger partial charge in [-0.25, -0.2) is 4.79 Å². The molecule has 1 aromatic carbocycles. The summed E-state index contributed by atoms with van der Waals surface area (Å²) in [5, 5.41) is 19.4. The molecule has 12 heteroatoms. The Kier molecular flexibility index (Phi) is 8.65. The van der Waals surface area contributed by atoms with Gasteiger partial charge in [-0.05, 0) is 45.0 Å². The van der Waals surface area contributed by atoms with Crippen molar-refractivity contribution in [3.8, 4) is 0 Å². The Labute approximate surface area is 205 Å². The first kappa shape index (κ1) is 25.7. The molecule has 0 spiro atoms. The highest BCUT2D eigenvalue weighted by Gasteiger charge is 2.26. The zero-order chi connectivity index (χ0) is 24.8. The number of ketones is 1. The van der Waals surface area contributed by atoms with E-state index in [9.17, 15) is 19.2 Å². The lowest BCUT2D eigenvalue weighted by atomic mass is 10.0. The lowest BCUT2D eigenvalue weighted by molar-refractivity contribution is -0.142. The van der Waals surface area contributed by atoms with Gasteiger partial charge in [-0.3, -0.25) is 14.4 Å². The number of carboxylic acids is 1. The van der Waals surface area contributed by atoms with Crippen LogP contribution in [-0.2, 0) is 16.0 Å². The number of benzene rings is 1. The maximum absolute atomic E-state index is 13.0. The fraction of sp³-hybridized carbons (Fsp3) is 0.409. The second kappa shape index (κ2) is 11.5. The largest absolute Gasteiger partial charge is 0.481 e. The number of piperidine rings is 1. The van der Waals surface area contributed by atoms with Crippen molar-refractivity contribution in [2.24, 2.45) is 5.92 Å². The van der Waals surface area contributed by atoms with Gasteiger partial charge in [0.15, 0.2) is 11.5 Å². The number of carbonyl (C=O) groups excluding carboxylic acids is 3. The van der Waals surface area contributed by atoms with Crippen molar-refractivity contribution in [1.82, 2.24) is 20.4 Å². The van der Waals surface area contributed by atoms with Crippen molar-refractivity contribution >= 4 is 47.0 Å². The summed E-state index contributed by atoms with van der Waals surface area (Å²) in [4.78, 5) is 49.3. The van der Waals surface area contributed by atoms with Crippen molar-refractivity contribution in [1.29, 1.82) is 0 Å². The van der Waals surface area contributed by atoms with Crippen LogP contribution in [-0.4, -0.2) is 64.4 Å². The quantitative estimate of drug-likeness (QED) is 0.460. The Hall–Kier alpha value is -2.95. The summed E-state index contributed by atoms with van der Waals surface area (Å²) in [7, 11) is 0. The fourth-order valence-corrected chi connectivity index (χ4v) is 4.01. The number of hydrogen-bond donors (Lipinski definition) is 3. The lowest BCUT2D eigenvalue weighted by Gasteiger charge is -2.23. The number of aromatic nitrogens is 2. The Morgan fingerprint density at radius 2 is 1.88 bits per heavy atom. The van der Waals surface area contributed by atoms with Gasteiger partial charge in [0, 0.05) is 24.2 Å². The topological polar surface area (TPSA) is 140 Å². The van der Waals surface area contributed by atoms with E-state index in [0.717, 1.165) is 30.6 Å². The van der Waals surface area contributed by atoms with Gasteiger partial charge in [0.2, 0.25) is 0 Å². The van der Waals surface area contributed by atoms with E-state index in [-0.39, 0.29) is 45.9 Å². The maximum Gasteiger partial charge on any atom is 0.434 e. The predicted molar refractivity (Wildman–Crippen MR) is 124 cm³/mol. The minimum Gasteiger partial charge on any atom is -0.481 e. The molecule has 1 aliphatic rings. The van der Waals surface area contributed by atoms with Crippen LogP contribution in [0.1, 0.15) is 46.2 Å². The van der Waals surface area contributed by atoms with Crippen molar-refractivity contribution < 1.29 is 29.0 Å². The average molecular weight is 511 g/mol. The summed E-state index contributed by atoms with van der Waals surface area (Å²) >= 11 is 12.3. The highest BCUT2D eigenvalue weighted by atomic mass is 35.5. The molecule has 1 atom stereocenters. The number of carbonyl (C=O) groups is 4. The van der Waals surface area contributed by atoms with E-state index in [1.807, 2.05) is 0 Å². The molecule has 1 aromatic heterocycles. The van der Waals surface area contributed by atoms with E-state index in [4.69, 9.17) is 33.0 Å². The van der Waals surface area contributed by atoms with Gasteiger partial charge in [0.1, 0.15) is 6.61 Å². The van der Waals surface area contributed by atoms with Gasteiger partial charge in [-0.15, -0.1) is 0 Å². The van der Waals surface area contributed by atoms with Crippen LogP contribution in [0.3, 0.4) is 0 Å². The first-order chi connectivity index (χ1) is 16.2. The minimum atomic E-state index is -1.13. The minimum absolute atomic E-state index is 0.0798. The highest BCUT2D eigenvalue weighted by molar-refractivity contribution is 6.39. The summed E-state index contributed by atoms with van der Waals surface area (Å²) in [5.41, 5.74) is 0.162. The molecule has 0 aliphatic carbocycles. The molecular formula is C22H24Cl2N4O6. The number of halogens is 2. The summed E-state index contributed by atoms with van der Waals surface area (Å²) in [6, 6.07) is 4.57. The standard InChI is InChI=1S/C22H24Cl2N4O6/c1-12(21(31)32)11-34-22(33)28-10-13(9-17(29)18-15(23)3-2-4-16(18)24)19(27-28)20(30)26-14-5-7-25-8-6-14/h2-4,10,12,14,25H,5-9,11H2,1H3,(H,26,30)(H,31,32). The molecule has 0 saturated carbocycles. The number of amides is 1. The van der Waals surface area contributed by atoms with Crippen molar-refractivity contribution in [2.45, 2.75) is 32.2 Å². The van der Waals surface area contributed by atoms with Crippen LogP contribution in [0.15, 0.2) is 24.4 Å². The third-order valence-corrected chi connectivity index (χ3v) is 5.97. The van der Waals surface area contributed by atoms with Crippen LogP contribution >= 0.6 is 23.2 Å². The first-order valence-electron chi connectivity index (χ1n) is 10.6. The molecule has 3 N–H and O–H groups in total. The van der Waals surface area contributed by atoms with Crippen LogP contribution in [0.2, 0.25) is 10.0 Å². The van der Waals surface area contributed by atoms with E-state index in [2.05, 4.69) is 15.7 Å². The van der Waals surface area contributed by atoms with Gasteiger partial charge in [0.25, 0.3) is 5.91 Å². The van der Waals surface area contributed by atoms with Crippen molar-refractivity contribution in [2.75, 3.05) is 19.7 Å². The summed E-state index contributed by atoms with van der Waals surface area (Å²) < 4.78 is 5.77. The molecule has 182 valence electrons. The van der Waals surface area contributed by atoms with Crippen LogP contribution < -0.4 is 10.6 Å². The zero-order valence-electron chi connectivity index (χ0n) is 18.3. The second-order valence-electron chi connectivity index (χ2n) is 7.96. The van der Waals surface area contributed by atoms with Crippen LogP contribution in [0.5, 0.6) is 0 Å². The maximum atomic E-state index is 13.0. The monoisotopic (exact) mass is 510 g/mol. The molecule has 1 unspecified atom stereocenters. The molecule has 1 amide bonds. The van der Waals surface area contributed by atoms with E-state index in [1.165, 1.54) is 25.3 Å². The van der Waals surface area contributed by atoms with E-state index < -0.39 is 29.7 Å². The normalized spacial score (nSPS) is 14.9. The van der Waals surface area contributed by atoms with E-state index in [1.54, 1.807) is 6.07 Å². The predicted octanol–water partition coefficient (Wildman–Crippen LogP) is 2.80. The van der Waals surface area contributed by atoms with Gasteiger partial charge >= 0.3 is 12.1 Å². The molecule has 34 heavy (non-hydrogen) atoms. The molecule has 2 aromatic rings. The summed E-state index contributed by atoms with van der Waals surface area (Å²) in [6.45, 7) is 2.51. The number of nitrogens with zero attached hydrogens (tertiary/aromatic N) is 2. The van der Waals surface area contributed by atoms with Gasteiger partial charge in [-0.1, -0.05) is 29.3 Å². The Morgan fingerprint density at radius 3 is 2.50 bits per heavy atom. The van der Waals surface area contributed by atoms with E-state index in [0.29, 0.717) is 0 Å². The van der Waals surface area contributed by atoms with Crippen LogP contribution in [0.4, 0.5) is 4.79 Å². The van der Waals surface area contributed by atoms with Crippen LogP contribution in [0.25, 0.3) is 0 Å². The molecule has 1 fully saturated rings. The molecule has 0 bridgehead atoms. The number of nitrogens with one attached hydrogen (secondary N) is 2. The van der Waals surface area contributed by atoms with Gasteiger partial charge < -0.3 is 20.5 Å². The first-order valence-corrected chi connectivity index (χ1v) is 11.4. The van der Waals surface area contributed by atoms with Crippen molar-refractivity contribution in [3.05, 3.63) is 51.3 Å². The van der Waals surface area contributed by atoms with Gasteiger partial charge in [-0.2, -0.15) is 9.78 Å². The number of Topliss-reactive ketones (excluding diaryl/α,β-unsaturated/α-hetero) is 1. The lowest BCUT2D eigenvalue weighted by Crippen LogP contribution is -2.43. The zero-order valence-corrected chi connectivity index (χ0v) is 19.9. The third kappa shape index (κ3) is 6.34. The Morgan fingerprint density at radius 1 is 1.24 bits per heavy atom. The second-order valence-corrected chi connectivity index (χ2v) is 8.77. The number of carboxylic acid groups (broad SMARTS) is 1. The van der Waals surface area contributed by atoms with Crippen LogP contribution in [0, 0.1) is 5.92 Å². The van der Waals surface area contributed by atoms with E-state index >= 15 is 0 Å². The molecule has 0 radical (unpaired) electrons. The molecule has 3 rings (SSSR count). The molecule has 10 nitrogen and oxygen atoms in total. The summed E-state index contributed by atoms with van der Waals surface area (Å²) in [6.07, 6.45) is 1.40. The molecule has 2 heterocycles. The van der Waals surface area contributed by atoms with Crippen molar-refractivity contribution in [3.63, 3.8) is 0 Å². The SMILES string of the molecule is CC(COC(=O)n1cc(CC(=O)c2c(Cl)cccc2Cl)c(C(=O)NC2CCNCC2)n1)C(=O)O. The molecule has 1 aliphatic heterocycles. The third-order valence-electron chi connectivity index (χ3n) is 5.34. The number of ether oxygens (including phenoxy) is 1. The Balaban J connectivity index is 1.85. The van der Waals surface area contributed by atoms with Gasteiger partial charge in [0.05, 0.1) is 21.5 Å². The smallest absolute Gasteiger partial charge is 0.434 e. The molecule has 1 saturated heterocycles. The number of hydrogen-bond acceptors (Lipinski definition) is 7. The Bertz CT molecular complexity index is 1080. The number of rotatable bonds is 8.